The van der Waals surface area contributed by atoms with Crippen LogP contribution in [-0.2, 0) is 56.8 Å². The van der Waals surface area contributed by atoms with Crippen LogP contribution in [0.2, 0.25) is 0 Å². The molecule has 67 heavy (non-hydrogen) atoms. The van der Waals surface area contributed by atoms with E-state index in [1.807, 2.05) is 24.3 Å². The molecule has 2 heterocycles. The maximum absolute atomic E-state index is 17.3. The first kappa shape index (κ1) is 42.5. The number of phosphoric ester groups is 1. The van der Waals surface area contributed by atoms with E-state index in [9.17, 15) is 9.59 Å². The largest absolute Gasteiger partial charge is 0.493 e. The van der Waals surface area contributed by atoms with Gasteiger partial charge in [-0.25, -0.2) is 4.57 Å². The van der Waals surface area contributed by atoms with E-state index in [-0.39, 0.29) is 66.6 Å². The van der Waals surface area contributed by atoms with Gasteiger partial charge in [0.25, 0.3) is 0 Å². The van der Waals surface area contributed by atoms with Crippen LogP contribution in [-0.4, -0.2) is 67.4 Å². The normalized spacial score (nSPS) is 36.8. The zero-order chi connectivity index (χ0) is 45.7. The molecular formula is C54H59N2O10P. The van der Waals surface area contributed by atoms with Gasteiger partial charge in [0, 0.05) is 53.3 Å². The molecule has 0 amide bonds. The standard InChI is InChI=1S/C54H59N2O10P/c1-60-42-15-13-31-29-36-38(55)19-25-51-44(31)46(42)62-48(51)40(57)21-27-53(36,51)65-67(59,64-35-17-23-50(24-18-35,33-9-5-3-6-10-33)34-11-7-4-8-12-34)66-54-28-22-41(58)49-52(54)26-20-39(56)37(54)30-32-14-16-43(61-2)47(63-49)45(32)52/h3-16,35-39,48-49H,17-30,55-56H2,1-2H3. The third kappa shape index (κ3) is 5.41. The van der Waals surface area contributed by atoms with E-state index in [0.717, 1.165) is 35.1 Å². The quantitative estimate of drug-likeness (QED) is 0.146. The lowest BCUT2D eigenvalue weighted by molar-refractivity contribution is -0.202. The molecule has 2 spiro atoms. The lowest BCUT2D eigenvalue weighted by atomic mass is 9.45. The van der Waals surface area contributed by atoms with Crippen LogP contribution in [0.1, 0.15) is 110 Å². The Bertz CT molecular complexity index is 2590. The monoisotopic (exact) mass is 926 g/mol. The van der Waals surface area contributed by atoms with Gasteiger partial charge in [-0.3, -0.25) is 23.2 Å². The minimum atomic E-state index is -4.79. The van der Waals surface area contributed by atoms with Crippen molar-refractivity contribution in [1.29, 1.82) is 0 Å². The maximum atomic E-state index is 17.3. The smallest absolute Gasteiger partial charge is 0.476 e. The van der Waals surface area contributed by atoms with Gasteiger partial charge in [0.15, 0.2) is 46.8 Å². The van der Waals surface area contributed by atoms with Crippen molar-refractivity contribution >= 4 is 19.4 Å². The van der Waals surface area contributed by atoms with Gasteiger partial charge in [0.1, 0.15) is 0 Å². The Kier molecular flexibility index (Phi) is 9.36. The Morgan fingerprint density at radius 3 is 1.46 bits per heavy atom. The number of ether oxygens (including phenoxy) is 4. The van der Waals surface area contributed by atoms with Crippen molar-refractivity contribution in [3.05, 3.63) is 118 Å². The lowest BCUT2D eigenvalue weighted by Gasteiger charge is -2.65. The van der Waals surface area contributed by atoms with Crippen LogP contribution in [0.4, 0.5) is 0 Å². The number of benzene rings is 4. The summed E-state index contributed by atoms with van der Waals surface area (Å²) < 4.78 is 65.4. The van der Waals surface area contributed by atoms with E-state index in [0.29, 0.717) is 74.4 Å². The van der Waals surface area contributed by atoms with Crippen LogP contribution in [0.5, 0.6) is 23.0 Å². The number of Topliss-reactive ketones (excluding diaryl/α,β-unsaturated/α-hetero) is 2. The first-order valence-electron chi connectivity index (χ1n) is 24.6. The van der Waals surface area contributed by atoms with E-state index >= 15 is 4.57 Å². The molecule has 13 heteroatoms. The van der Waals surface area contributed by atoms with Gasteiger partial charge in [0.2, 0.25) is 0 Å². The highest BCUT2D eigenvalue weighted by Crippen LogP contribution is 2.76. The van der Waals surface area contributed by atoms with E-state index in [1.54, 1.807) is 14.2 Å². The minimum Gasteiger partial charge on any atom is -0.493 e. The fraction of sp³-hybridized carbons (Fsp3) is 0.519. The van der Waals surface area contributed by atoms with Crippen molar-refractivity contribution in [3.63, 3.8) is 0 Å². The van der Waals surface area contributed by atoms with Gasteiger partial charge in [-0.15, -0.1) is 0 Å². The first-order chi connectivity index (χ1) is 32.5. The minimum absolute atomic E-state index is 0.0262. The van der Waals surface area contributed by atoms with Gasteiger partial charge >= 0.3 is 7.82 Å². The number of nitrogens with two attached hydrogens (primary N) is 2. The molecule has 5 saturated carbocycles. The number of phosphoric acid groups is 1. The SMILES string of the molecule is COc1ccc2c3c1OC1C(=O)CCC4(OP(=O)(OC5CCC(c6ccccc6)(c6ccccc6)CC5)OC56CCC(=O)C7Oc8c(OC)ccc9c8C75CCC(N)C6C9)C(C2)C(N)CCC314. The molecule has 12 nitrogen and oxygen atoms in total. The molecule has 13 rings (SSSR count). The number of carbonyl (C=O) groups is 2. The van der Waals surface area contributed by atoms with Gasteiger partial charge in [-0.05, 0) is 111 Å². The topological polar surface area (TPSA) is 168 Å². The van der Waals surface area contributed by atoms with Crippen molar-refractivity contribution < 1.29 is 46.7 Å². The second-order valence-corrected chi connectivity index (χ2v) is 22.7. The summed E-state index contributed by atoms with van der Waals surface area (Å²) in [4.78, 5) is 28.8. The highest BCUT2D eigenvalue weighted by molar-refractivity contribution is 7.48. The Morgan fingerprint density at radius 2 is 1.03 bits per heavy atom. The molecule has 350 valence electrons. The molecule has 10 atom stereocenters. The average molecular weight is 927 g/mol. The summed E-state index contributed by atoms with van der Waals surface area (Å²) >= 11 is 0. The lowest BCUT2D eigenvalue weighted by Crippen LogP contribution is -2.75. The molecule has 0 saturated heterocycles. The molecule has 7 aliphatic carbocycles. The molecule has 4 aromatic carbocycles. The Labute approximate surface area is 391 Å². The van der Waals surface area contributed by atoms with E-state index < -0.39 is 48.2 Å². The van der Waals surface area contributed by atoms with Gasteiger partial charge in [-0.1, -0.05) is 72.8 Å². The summed E-state index contributed by atoms with van der Waals surface area (Å²) in [5.41, 5.74) is 15.9. The summed E-state index contributed by atoms with van der Waals surface area (Å²) in [6, 6.07) is 28.5. The summed E-state index contributed by atoms with van der Waals surface area (Å²) in [7, 11) is -1.58. The molecule has 4 bridgehead atoms. The fourth-order valence-corrected chi connectivity index (χ4v) is 18.4. The molecule has 4 N–H and O–H groups in total. The van der Waals surface area contributed by atoms with Crippen molar-refractivity contribution in [2.75, 3.05) is 14.2 Å². The molecule has 4 aromatic rings. The summed E-state index contributed by atoms with van der Waals surface area (Å²) in [5, 5.41) is 0. The van der Waals surface area contributed by atoms with Crippen LogP contribution in [0.3, 0.4) is 0 Å². The fourth-order valence-electron chi connectivity index (χ4n) is 16.1. The second-order valence-electron chi connectivity index (χ2n) is 21.2. The maximum Gasteiger partial charge on any atom is 0.476 e. The van der Waals surface area contributed by atoms with Crippen molar-refractivity contribution in [3.8, 4) is 23.0 Å². The molecular weight excluding hydrogens is 868 g/mol. The number of rotatable bonds is 10. The summed E-state index contributed by atoms with van der Waals surface area (Å²) in [6.07, 6.45) is 4.40. The van der Waals surface area contributed by atoms with Crippen LogP contribution in [0.25, 0.3) is 0 Å². The van der Waals surface area contributed by atoms with Crippen LogP contribution >= 0.6 is 7.82 Å². The summed E-state index contributed by atoms with van der Waals surface area (Å²) in [5.74, 6) is 1.43. The third-order valence-electron chi connectivity index (χ3n) is 18.8. The van der Waals surface area contributed by atoms with Crippen LogP contribution in [0, 0.1) is 11.8 Å². The zero-order valence-electron chi connectivity index (χ0n) is 38.2. The zero-order valence-corrected chi connectivity index (χ0v) is 39.1. The highest BCUT2D eigenvalue weighted by Gasteiger charge is 2.79. The molecule has 9 aliphatic rings. The number of ketones is 2. The molecule has 0 radical (unpaired) electrons. The van der Waals surface area contributed by atoms with Gasteiger partial charge < -0.3 is 30.4 Å². The van der Waals surface area contributed by atoms with E-state index in [4.69, 9.17) is 44.0 Å². The Balaban J connectivity index is 0.975. The van der Waals surface area contributed by atoms with Gasteiger partial charge in [-0.2, -0.15) is 0 Å². The Hall–Kier alpha value is -4.55. The number of carbonyl (C=O) groups excluding carboxylic acids is 2. The van der Waals surface area contributed by atoms with Crippen molar-refractivity contribution in [2.45, 2.75) is 148 Å². The van der Waals surface area contributed by atoms with Crippen molar-refractivity contribution in [2.24, 2.45) is 23.3 Å². The van der Waals surface area contributed by atoms with Crippen LogP contribution < -0.4 is 30.4 Å². The Morgan fingerprint density at radius 1 is 0.582 bits per heavy atom. The number of methoxy groups -OCH3 is 2. The molecule has 0 aromatic heterocycles. The average Bonchev–Trinajstić information content (AvgIpc) is 3.90. The van der Waals surface area contributed by atoms with Gasteiger partial charge in [0.05, 0.1) is 42.4 Å². The molecule has 5 fully saturated rings. The second kappa shape index (κ2) is 14.7. The number of hydrogen-bond donors (Lipinski definition) is 2. The third-order valence-corrected chi connectivity index (χ3v) is 20.5. The summed E-state index contributed by atoms with van der Waals surface area (Å²) in [6.45, 7) is 0. The van der Waals surface area contributed by atoms with E-state index in [2.05, 4.69) is 60.7 Å². The van der Waals surface area contributed by atoms with E-state index in [1.165, 1.54) is 11.1 Å². The molecule has 2 aliphatic heterocycles. The predicted octanol–water partition coefficient (Wildman–Crippen LogP) is 8.28. The number of hydrogen-bond acceptors (Lipinski definition) is 12. The predicted molar refractivity (Wildman–Crippen MR) is 248 cm³/mol. The first-order valence-corrected chi connectivity index (χ1v) is 26.0. The van der Waals surface area contributed by atoms with Crippen molar-refractivity contribution in [1.82, 2.24) is 0 Å². The highest BCUT2D eigenvalue weighted by atomic mass is 31.2. The van der Waals surface area contributed by atoms with Crippen LogP contribution in [0.15, 0.2) is 84.9 Å². The molecule has 10 unspecified atom stereocenters.